The number of carbonyl (C=O) groups excluding carboxylic acids is 1. The standard InChI is InChI=1S/C16H18ClFN2O2/c1-9(2)15(21)11-6-14(16(19)22)20(8-11)7-10-3-4-12(17)13(18)5-10/h3-6,8-9,15,21H,7H2,1-2H3,(H2,19,22). The average molecular weight is 325 g/mol. The average Bonchev–Trinajstić information content (AvgIpc) is 2.86. The van der Waals surface area contributed by atoms with Crippen molar-refractivity contribution < 1.29 is 14.3 Å². The molecule has 0 spiro atoms. The summed E-state index contributed by atoms with van der Waals surface area (Å²) in [5.74, 6) is -1.12. The lowest BCUT2D eigenvalue weighted by Gasteiger charge is -2.12. The summed E-state index contributed by atoms with van der Waals surface area (Å²) in [7, 11) is 0. The second-order valence-corrected chi connectivity index (χ2v) is 6.00. The fraction of sp³-hybridized carbons (Fsp3) is 0.312. The van der Waals surface area contributed by atoms with E-state index in [0.29, 0.717) is 11.1 Å². The largest absolute Gasteiger partial charge is 0.388 e. The zero-order chi connectivity index (χ0) is 16.4. The van der Waals surface area contributed by atoms with Gasteiger partial charge in [0.2, 0.25) is 0 Å². The van der Waals surface area contributed by atoms with Gasteiger partial charge in [-0.15, -0.1) is 0 Å². The zero-order valence-electron chi connectivity index (χ0n) is 12.4. The highest BCUT2D eigenvalue weighted by atomic mass is 35.5. The number of halogens is 2. The van der Waals surface area contributed by atoms with Gasteiger partial charge in [-0.25, -0.2) is 4.39 Å². The van der Waals surface area contributed by atoms with Crippen LogP contribution in [0.1, 0.15) is 41.6 Å². The van der Waals surface area contributed by atoms with Gasteiger partial charge >= 0.3 is 0 Å². The van der Waals surface area contributed by atoms with E-state index < -0.39 is 17.8 Å². The van der Waals surface area contributed by atoms with Gasteiger partial charge in [-0.2, -0.15) is 0 Å². The van der Waals surface area contributed by atoms with Crippen molar-refractivity contribution in [2.75, 3.05) is 0 Å². The number of rotatable bonds is 5. The van der Waals surface area contributed by atoms with E-state index in [0.717, 1.165) is 0 Å². The van der Waals surface area contributed by atoms with Crippen LogP contribution in [0.3, 0.4) is 0 Å². The van der Waals surface area contributed by atoms with E-state index in [1.165, 1.54) is 12.1 Å². The third-order valence-electron chi connectivity index (χ3n) is 3.48. The van der Waals surface area contributed by atoms with Crippen LogP contribution in [0, 0.1) is 11.7 Å². The van der Waals surface area contributed by atoms with E-state index in [4.69, 9.17) is 17.3 Å². The fourth-order valence-electron chi connectivity index (χ4n) is 2.25. The van der Waals surface area contributed by atoms with Crippen LogP contribution in [-0.4, -0.2) is 15.6 Å². The van der Waals surface area contributed by atoms with Crippen LogP contribution >= 0.6 is 11.6 Å². The van der Waals surface area contributed by atoms with Crippen LogP contribution in [0.15, 0.2) is 30.5 Å². The second kappa shape index (κ2) is 6.50. The number of aliphatic hydroxyl groups is 1. The molecule has 1 amide bonds. The first-order chi connectivity index (χ1) is 10.3. The number of aliphatic hydroxyl groups excluding tert-OH is 1. The molecule has 2 aromatic rings. The van der Waals surface area contributed by atoms with Crippen molar-refractivity contribution in [3.63, 3.8) is 0 Å². The third kappa shape index (κ3) is 3.48. The molecule has 118 valence electrons. The SMILES string of the molecule is CC(C)C(O)c1cc(C(N)=O)n(Cc2ccc(Cl)c(F)c2)c1. The molecule has 1 heterocycles. The molecule has 6 heteroatoms. The van der Waals surface area contributed by atoms with Gasteiger partial charge in [-0.05, 0) is 35.2 Å². The number of hydrogen-bond acceptors (Lipinski definition) is 2. The summed E-state index contributed by atoms with van der Waals surface area (Å²) in [4.78, 5) is 11.6. The lowest BCUT2D eigenvalue weighted by atomic mass is 10.0. The number of primary amides is 1. The molecule has 0 saturated carbocycles. The number of nitrogens with two attached hydrogens (primary N) is 1. The molecule has 0 aliphatic rings. The summed E-state index contributed by atoms with van der Waals surface area (Å²) in [6.07, 6.45) is 0.971. The first-order valence-corrected chi connectivity index (χ1v) is 7.29. The molecule has 4 nitrogen and oxygen atoms in total. The van der Waals surface area contributed by atoms with Crippen LogP contribution in [0.25, 0.3) is 0 Å². The minimum absolute atomic E-state index is 0.00422. The van der Waals surface area contributed by atoms with E-state index in [1.54, 1.807) is 22.9 Å². The molecule has 1 unspecified atom stereocenters. The third-order valence-corrected chi connectivity index (χ3v) is 3.79. The Kier molecular flexibility index (Phi) is 4.88. The summed E-state index contributed by atoms with van der Waals surface area (Å²) >= 11 is 5.66. The predicted octanol–water partition coefficient (Wildman–Crippen LogP) is 3.12. The normalized spacial score (nSPS) is 12.6. The van der Waals surface area contributed by atoms with Crippen molar-refractivity contribution in [3.8, 4) is 0 Å². The minimum Gasteiger partial charge on any atom is -0.388 e. The van der Waals surface area contributed by atoms with Gasteiger partial charge in [0.05, 0.1) is 11.1 Å². The van der Waals surface area contributed by atoms with Crippen molar-refractivity contribution in [2.24, 2.45) is 11.7 Å². The van der Waals surface area contributed by atoms with E-state index in [2.05, 4.69) is 0 Å². The molecule has 0 fully saturated rings. The van der Waals surface area contributed by atoms with Crippen molar-refractivity contribution in [2.45, 2.75) is 26.5 Å². The minimum atomic E-state index is -0.693. The summed E-state index contributed by atoms with van der Waals surface area (Å²) in [5.41, 5.74) is 6.90. The van der Waals surface area contributed by atoms with Gasteiger partial charge in [0.15, 0.2) is 0 Å². The highest BCUT2D eigenvalue weighted by molar-refractivity contribution is 6.30. The molecular formula is C16H18ClFN2O2. The van der Waals surface area contributed by atoms with Gasteiger partial charge in [0, 0.05) is 12.7 Å². The molecule has 0 aliphatic heterocycles. The van der Waals surface area contributed by atoms with Gasteiger partial charge in [-0.3, -0.25) is 4.79 Å². The first-order valence-electron chi connectivity index (χ1n) is 6.91. The number of amides is 1. The van der Waals surface area contributed by atoms with Crippen LogP contribution in [0.4, 0.5) is 4.39 Å². The van der Waals surface area contributed by atoms with E-state index in [-0.39, 0.29) is 23.2 Å². The van der Waals surface area contributed by atoms with E-state index >= 15 is 0 Å². The number of nitrogens with zero attached hydrogens (tertiary/aromatic N) is 1. The Morgan fingerprint density at radius 3 is 2.64 bits per heavy atom. The summed E-state index contributed by atoms with van der Waals surface area (Å²) in [5, 5.41) is 10.2. The van der Waals surface area contributed by atoms with Crippen LogP contribution in [0.5, 0.6) is 0 Å². The maximum Gasteiger partial charge on any atom is 0.265 e. The molecule has 3 N–H and O–H groups in total. The van der Waals surface area contributed by atoms with Crippen LogP contribution in [0.2, 0.25) is 5.02 Å². The Labute approximate surface area is 133 Å². The molecule has 2 rings (SSSR count). The van der Waals surface area contributed by atoms with Crippen LogP contribution in [-0.2, 0) is 6.54 Å². The summed E-state index contributed by atoms with van der Waals surface area (Å²) in [6, 6.07) is 6.02. The molecule has 1 aromatic heterocycles. The van der Waals surface area contributed by atoms with Crippen LogP contribution < -0.4 is 5.73 Å². The van der Waals surface area contributed by atoms with E-state index in [1.807, 2.05) is 13.8 Å². The van der Waals surface area contributed by atoms with Crippen molar-refractivity contribution in [1.29, 1.82) is 0 Å². The quantitative estimate of drug-likeness (QED) is 0.887. The smallest absolute Gasteiger partial charge is 0.265 e. The molecule has 0 radical (unpaired) electrons. The monoisotopic (exact) mass is 324 g/mol. The topological polar surface area (TPSA) is 68.2 Å². The van der Waals surface area contributed by atoms with Gasteiger partial charge in [0.1, 0.15) is 11.5 Å². The predicted molar refractivity (Wildman–Crippen MR) is 83.3 cm³/mol. The first kappa shape index (κ1) is 16.5. The lowest BCUT2D eigenvalue weighted by molar-refractivity contribution is 0.0992. The molecule has 0 aliphatic carbocycles. The molecule has 0 bridgehead atoms. The maximum absolute atomic E-state index is 13.5. The Bertz CT molecular complexity index is 697. The molecule has 0 saturated heterocycles. The molecular weight excluding hydrogens is 307 g/mol. The van der Waals surface area contributed by atoms with E-state index in [9.17, 15) is 14.3 Å². The molecule has 1 atom stereocenters. The summed E-state index contributed by atoms with van der Waals surface area (Å²) < 4.78 is 15.1. The lowest BCUT2D eigenvalue weighted by Crippen LogP contribution is -2.16. The molecule has 22 heavy (non-hydrogen) atoms. The van der Waals surface area contributed by atoms with Crippen molar-refractivity contribution in [3.05, 3.63) is 58.1 Å². The number of aromatic nitrogens is 1. The van der Waals surface area contributed by atoms with Gasteiger partial charge in [-0.1, -0.05) is 31.5 Å². The van der Waals surface area contributed by atoms with Crippen molar-refractivity contribution in [1.82, 2.24) is 4.57 Å². The second-order valence-electron chi connectivity index (χ2n) is 5.59. The van der Waals surface area contributed by atoms with Gasteiger partial charge in [0.25, 0.3) is 5.91 Å². The highest BCUT2D eigenvalue weighted by Crippen LogP contribution is 2.24. The fourth-order valence-corrected chi connectivity index (χ4v) is 2.37. The summed E-state index contributed by atoms with van der Waals surface area (Å²) in [6.45, 7) is 4.01. The van der Waals surface area contributed by atoms with Crippen molar-refractivity contribution >= 4 is 17.5 Å². The number of benzene rings is 1. The van der Waals surface area contributed by atoms with Gasteiger partial charge < -0.3 is 15.4 Å². The molecule has 1 aromatic carbocycles. The maximum atomic E-state index is 13.5. The Balaban J connectivity index is 2.36. The zero-order valence-corrected chi connectivity index (χ0v) is 13.1. The Morgan fingerprint density at radius 2 is 2.09 bits per heavy atom. The number of carbonyl (C=O) groups is 1. The highest BCUT2D eigenvalue weighted by Gasteiger charge is 2.18. The Hall–Kier alpha value is -1.85. The Morgan fingerprint density at radius 1 is 1.41 bits per heavy atom. The number of hydrogen-bond donors (Lipinski definition) is 2.